The number of nitrogens with one attached hydrogen (secondary N) is 1. The summed E-state index contributed by atoms with van der Waals surface area (Å²) in [7, 11) is -3.94. The lowest BCUT2D eigenvalue weighted by Crippen LogP contribution is -2.42. The molecule has 1 heterocycles. The average molecular weight is 459 g/mol. The predicted molar refractivity (Wildman–Crippen MR) is 119 cm³/mol. The molecule has 31 heavy (non-hydrogen) atoms. The number of halogens is 2. The number of carbonyl (C=O) groups excluding carboxylic acids is 1. The lowest BCUT2D eigenvalue weighted by Gasteiger charge is -2.31. The standard InChI is InChI=1S/C23H20ClFN2O3S/c24-17-9-7-16(8-10-17)4-3-13-26-23(28)15-27-21-12-11-18(25)14-20(21)19-5-1-2-6-22(19)31(27,29)30/h1-2,5-12,14H,3-4,13,15H2,(H,26,28). The van der Waals surface area contributed by atoms with Crippen LogP contribution in [0.15, 0.2) is 71.6 Å². The first kappa shape index (κ1) is 21.3. The van der Waals surface area contributed by atoms with Gasteiger partial charge < -0.3 is 5.32 Å². The van der Waals surface area contributed by atoms with E-state index in [1.807, 2.05) is 24.3 Å². The molecule has 1 amide bonds. The zero-order valence-corrected chi connectivity index (χ0v) is 18.1. The van der Waals surface area contributed by atoms with Crippen LogP contribution in [-0.2, 0) is 21.2 Å². The Labute approximate surface area is 185 Å². The Kier molecular flexibility index (Phi) is 5.98. The highest BCUT2D eigenvalue weighted by atomic mass is 35.5. The summed E-state index contributed by atoms with van der Waals surface area (Å²) < 4.78 is 41.3. The van der Waals surface area contributed by atoms with Crippen LogP contribution in [0.5, 0.6) is 0 Å². The maximum atomic E-state index is 13.9. The highest BCUT2D eigenvalue weighted by Gasteiger charge is 2.35. The van der Waals surface area contributed by atoms with Crippen molar-refractivity contribution in [3.05, 3.63) is 83.1 Å². The second-order valence-electron chi connectivity index (χ2n) is 7.25. The van der Waals surface area contributed by atoms with E-state index >= 15 is 0 Å². The number of hydrogen-bond acceptors (Lipinski definition) is 3. The van der Waals surface area contributed by atoms with Gasteiger partial charge in [0.25, 0.3) is 10.0 Å². The fraction of sp³-hybridized carbons (Fsp3) is 0.174. The molecule has 1 N–H and O–H groups in total. The van der Waals surface area contributed by atoms with Gasteiger partial charge in [-0.25, -0.2) is 12.8 Å². The zero-order chi connectivity index (χ0) is 22.0. The van der Waals surface area contributed by atoms with Gasteiger partial charge in [-0.3, -0.25) is 9.10 Å². The van der Waals surface area contributed by atoms with Gasteiger partial charge in [0, 0.05) is 22.7 Å². The summed E-state index contributed by atoms with van der Waals surface area (Å²) in [4.78, 5) is 12.6. The molecule has 0 radical (unpaired) electrons. The molecule has 0 saturated carbocycles. The molecular weight excluding hydrogens is 439 g/mol. The van der Waals surface area contributed by atoms with Crippen LogP contribution < -0.4 is 9.62 Å². The molecule has 3 aromatic rings. The molecule has 160 valence electrons. The molecule has 0 saturated heterocycles. The van der Waals surface area contributed by atoms with Gasteiger partial charge in [-0.05, 0) is 54.8 Å². The van der Waals surface area contributed by atoms with Crippen molar-refractivity contribution in [1.29, 1.82) is 0 Å². The number of carbonyl (C=O) groups is 1. The van der Waals surface area contributed by atoms with Gasteiger partial charge in [-0.15, -0.1) is 0 Å². The zero-order valence-electron chi connectivity index (χ0n) is 16.5. The normalized spacial score (nSPS) is 13.9. The van der Waals surface area contributed by atoms with Crippen LogP contribution in [0.2, 0.25) is 5.02 Å². The van der Waals surface area contributed by atoms with Gasteiger partial charge >= 0.3 is 0 Å². The smallest absolute Gasteiger partial charge is 0.265 e. The Hall–Kier alpha value is -2.90. The number of hydrogen-bond donors (Lipinski definition) is 1. The van der Waals surface area contributed by atoms with Crippen LogP contribution in [0.4, 0.5) is 10.1 Å². The first-order valence-corrected chi connectivity index (χ1v) is 11.6. The summed E-state index contributed by atoms with van der Waals surface area (Å²) in [6, 6.07) is 17.8. The van der Waals surface area contributed by atoms with Crippen LogP contribution in [0, 0.1) is 5.82 Å². The van der Waals surface area contributed by atoms with E-state index in [-0.39, 0.29) is 17.1 Å². The molecule has 0 spiro atoms. The summed E-state index contributed by atoms with van der Waals surface area (Å²) in [5, 5.41) is 3.44. The number of fused-ring (bicyclic) bond motifs is 3. The molecule has 0 aliphatic carbocycles. The lowest BCUT2D eigenvalue weighted by molar-refractivity contribution is -0.119. The van der Waals surface area contributed by atoms with Crippen LogP contribution in [0.1, 0.15) is 12.0 Å². The second kappa shape index (κ2) is 8.69. The molecule has 0 unspecified atom stereocenters. The molecule has 0 bridgehead atoms. The number of amides is 1. The molecule has 0 aromatic heterocycles. The predicted octanol–water partition coefficient (Wildman–Crippen LogP) is 4.40. The van der Waals surface area contributed by atoms with Gasteiger partial charge in [-0.2, -0.15) is 0 Å². The van der Waals surface area contributed by atoms with Crippen LogP contribution in [0.25, 0.3) is 11.1 Å². The highest BCUT2D eigenvalue weighted by molar-refractivity contribution is 7.93. The van der Waals surface area contributed by atoms with E-state index < -0.39 is 21.7 Å². The summed E-state index contributed by atoms with van der Waals surface area (Å²) in [5.74, 6) is -0.895. The van der Waals surface area contributed by atoms with Crippen LogP contribution in [-0.4, -0.2) is 27.4 Å². The quantitative estimate of drug-likeness (QED) is 0.556. The lowest BCUT2D eigenvalue weighted by atomic mass is 10.0. The maximum absolute atomic E-state index is 13.9. The van der Waals surface area contributed by atoms with Gasteiger partial charge in [0.05, 0.1) is 10.6 Å². The third kappa shape index (κ3) is 4.43. The van der Waals surface area contributed by atoms with E-state index in [0.717, 1.165) is 16.3 Å². The van der Waals surface area contributed by atoms with E-state index in [4.69, 9.17) is 11.6 Å². The van der Waals surface area contributed by atoms with Gasteiger partial charge in [-0.1, -0.05) is 41.9 Å². The minimum atomic E-state index is -3.94. The maximum Gasteiger partial charge on any atom is 0.265 e. The van der Waals surface area contributed by atoms with Crippen molar-refractivity contribution in [3.63, 3.8) is 0 Å². The first-order chi connectivity index (χ1) is 14.9. The van der Waals surface area contributed by atoms with Crippen molar-refractivity contribution < 1.29 is 17.6 Å². The minimum Gasteiger partial charge on any atom is -0.355 e. The molecule has 4 rings (SSSR count). The van der Waals surface area contributed by atoms with E-state index in [1.165, 1.54) is 24.3 Å². The Bertz CT molecular complexity index is 1230. The van der Waals surface area contributed by atoms with E-state index in [1.54, 1.807) is 18.2 Å². The number of benzene rings is 3. The topological polar surface area (TPSA) is 66.5 Å². The van der Waals surface area contributed by atoms with Crippen molar-refractivity contribution in [2.24, 2.45) is 0 Å². The third-order valence-corrected chi connectivity index (χ3v) is 7.21. The van der Waals surface area contributed by atoms with Gasteiger partial charge in [0.2, 0.25) is 5.91 Å². The van der Waals surface area contributed by atoms with Gasteiger partial charge in [0.15, 0.2) is 0 Å². The third-order valence-electron chi connectivity index (χ3n) is 5.14. The molecule has 1 aliphatic heterocycles. The summed E-state index contributed by atoms with van der Waals surface area (Å²) >= 11 is 5.87. The SMILES string of the molecule is O=C(CN1c2ccc(F)cc2-c2ccccc2S1(=O)=O)NCCCc1ccc(Cl)cc1. The number of rotatable bonds is 6. The van der Waals surface area contributed by atoms with Crippen LogP contribution in [0.3, 0.4) is 0 Å². The van der Waals surface area contributed by atoms with Crippen molar-refractivity contribution in [2.45, 2.75) is 17.7 Å². The summed E-state index contributed by atoms with van der Waals surface area (Å²) in [5.41, 5.74) is 2.26. The summed E-state index contributed by atoms with van der Waals surface area (Å²) in [6.07, 6.45) is 1.46. The molecular formula is C23H20ClFN2O3S. The van der Waals surface area contributed by atoms with Crippen molar-refractivity contribution in [1.82, 2.24) is 5.32 Å². The minimum absolute atomic E-state index is 0.0589. The molecule has 3 aromatic carbocycles. The van der Waals surface area contributed by atoms with Crippen molar-refractivity contribution in [3.8, 4) is 11.1 Å². The number of anilines is 1. The molecule has 8 heteroatoms. The van der Waals surface area contributed by atoms with E-state index in [9.17, 15) is 17.6 Å². The van der Waals surface area contributed by atoms with Gasteiger partial charge in [0.1, 0.15) is 12.4 Å². The largest absolute Gasteiger partial charge is 0.355 e. The molecule has 1 aliphatic rings. The molecule has 5 nitrogen and oxygen atoms in total. The van der Waals surface area contributed by atoms with Crippen molar-refractivity contribution in [2.75, 3.05) is 17.4 Å². The Balaban J connectivity index is 1.47. The average Bonchev–Trinajstić information content (AvgIpc) is 2.76. The van der Waals surface area contributed by atoms with Crippen LogP contribution >= 0.6 is 11.6 Å². The number of aryl methyl sites for hydroxylation is 1. The Morgan fingerprint density at radius 2 is 1.74 bits per heavy atom. The van der Waals surface area contributed by atoms with E-state index in [0.29, 0.717) is 29.1 Å². The fourth-order valence-electron chi connectivity index (χ4n) is 3.63. The Morgan fingerprint density at radius 3 is 2.52 bits per heavy atom. The fourth-order valence-corrected chi connectivity index (χ4v) is 5.41. The summed E-state index contributed by atoms with van der Waals surface area (Å²) in [6.45, 7) is 0.0262. The highest BCUT2D eigenvalue weighted by Crippen LogP contribution is 2.42. The second-order valence-corrected chi connectivity index (χ2v) is 9.52. The van der Waals surface area contributed by atoms with Crippen molar-refractivity contribution >= 4 is 33.2 Å². The Morgan fingerprint density at radius 1 is 1.00 bits per heavy atom. The number of nitrogens with zero attached hydrogens (tertiary/aromatic N) is 1. The van der Waals surface area contributed by atoms with E-state index in [2.05, 4.69) is 5.32 Å². The molecule has 0 fully saturated rings. The monoisotopic (exact) mass is 458 g/mol. The number of sulfonamides is 1. The molecule has 0 atom stereocenters. The first-order valence-electron chi connectivity index (χ1n) is 9.79.